The van der Waals surface area contributed by atoms with Gasteiger partial charge < -0.3 is 10.2 Å². The molecule has 3 aliphatic rings. The summed E-state index contributed by atoms with van der Waals surface area (Å²) in [4.78, 5) is 0. The summed E-state index contributed by atoms with van der Waals surface area (Å²) in [5, 5.41) is 19.9. The molecule has 0 aromatic carbocycles. The molecule has 0 radical (unpaired) electrons. The Morgan fingerprint density at radius 3 is 2.55 bits per heavy atom. The van der Waals surface area contributed by atoms with Gasteiger partial charge in [-0.2, -0.15) is 0 Å². The number of fused-ring (bicyclic) bond motifs is 1. The fourth-order valence-corrected chi connectivity index (χ4v) is 6.50. The number of aliphatic hydroxyl groups is 2. The van der Waals surface area contributed by atoms with E-state index in [1.165, 1.54) is 31.3 Å². The van der Waals surface area contributed by atoms with Gasteiger partial charge in [0, 0.05) is 6.61 Å². The first-order chi connectivity index (χ1) is 10.3. The van der Waals surface area contributed by atoms with Crippen molar-refractivity contribution < 1.29 is 10.2 Å². The highest BCUT2D eigenvalue weighted by Crippen LogP contribution is 2.63. The molecule has 0 saturated heterocycles. The monoisotopic (exact) mass is 306 g/mol. The maximum atomic E-state index is 10.0. The molecule has 2 nitrogen and oxygen atoms in total. The van der Waals surface area contributed by atoms with E-state index < -0.39 is 0 Å². The second-order valence-electron chi connectivity index (χ2n) is 8.98. The molecule has 2 N–H and O–H groups in total. The molecule has 3 aliphatic carbocycles. The summed E-state index contributed by atoms with van der Waals surface area (Å²) < 4.78 is 0. The van der Waals surface area contributed by atoms with Crippen LogP contribution < -0.4 is 0 Å². The predicted octanol–water partition coefficient (Wildman–Crippen LogP) is 4.16. The Morgan fingerprint density at radius 2 is 1.86 bits per heavy atom. The first-order valence-corrected chi connectivity index (χ1v) is 9.30. The zero-order valence-corrected chi connectivity index (χ0v) is 14.6. The zero-order chi connectivity index (χ0) is 16.1. The van der Waals surface area contributed by atoms with Crippen molar-refractivity contribution in [2.75, 3.05) is 6.61 Å². The lowest BCUT2D eigenvalue weighted by Gasteiger charge is -2.56. The highest BCUT2D eigenvalue weighted by atomic mass is 16.3. The van der Waals surface area contributed by atoms with E-state index >= 15 is 0 Å². The van der Waals surface area contributed by atoms with Crippen LogP contribution in [0.3, 0.4) is 0 Å². The van der Waals surface area contributed by atoms with Crippen molar-refractivity contribution in [3.05, 3.63) is 12.2 Å². The van der Waals surface area contributed by atoms with Gasteiger partial charge in [0.2, 0.25) is 0 Å². The molecule has 3 rings (SSSR count). The van der Waals surface area contributed by atoms with Gasteiger partial charge in [-0.05, 0) is 79.4 Å². The van der Waals surface area contributed by atoms with Crippen LogP contribution in [0, 0.1) is 34.5 Å². The highest BCUT2D eigenvalue weighted by molar-refractivity contribution is 5.20. The fraction of sp³-hybridized carbons (Fsp3) is 0.900. The molecule has 126 valence electrons. The van der Waals surface area contributed by atoms with Crippen LogP contribution in [0.5, 0.6) is 0 Å². The summed E-state index contributed by atoms with van der Waals surface area (Å²) in [5.41, 5.74) is 2.03. The van der Waals surface area contributed by atoms with E-state index in [2.05, 4.69) is 27.4 Å². The molecule has 0 heterocycles. The molecule has 0 aromatic rings. The van der Waals surface area contributed by atoms with Gasteiger partial charge in [-0.1, -0.05) is 32.9 Å². The number of aliphatic hydroxyl groups excluding tert-OH is 2. The van der Waals surface area contributed by atoms with E-state index in [9.17, 15) is 10.2 Å². The van der Waals surface area contributed by atoms with E-state index in [-0.39, 0.29) is 24.0 Å². The van der Waals surface area contributed by atoms with Crippen LogP contribution in [-0.4, -0.2) is 22.9 Å². The third-order valence-electron chi connectivity index (χ3n) is 8.20. The van der Waals surface area contributed by atoms with Gasteiger partial charge in [0.05, 0.1) is 6.10 Å². The second-order valence-corrected chi connectivity index (χ2v) is 8.98. The average molecular weight is 306 g/mol. The third-order valence-corrected chi connectivity index (χ3v) is 8.20. The van der Waals surface area contributed by atoms with E-state index in [1.54, 1.807) is 0 Å². The van der Waals surface area contributed by atoms with Crippen LogP contribution >= 0.6 is 0 Å². The van der Waals surface area contributed by atoms with E-state index in [0.717, 1.165) is 25.2 Å². The molecule has 3 saturated carbocycles. The van der Waals surface area contributed by atoms with E-state index in [1.807, 2.05) is 0 Å². The Kier molecular flexibility index (Phi) is 4.23. The molecule has 7 unspecified atom stereocenters. The van der Waals surface area contributed by atoms with E-state index in [0.29, 0.717) is 17.3 Å². The molecule has 0 amide bonds. The third kappa shape index (κ3) is 2.29. The van der Waals surface area contributed by atoms with Crippen LogP contribution in [-0.2, 0) is 0 Å². The van der Waals surface area contributed by atoms with Crippen LogP contribution in [0.1, 0.15) is 65.7 Å². The molecule has 22 heavy (non-hydrogen) atoms. The normalized spacial score (nSPS) is 52.6. The summed E-state index contributed by atoms with van der Waals surface area (Å²) in [7, 11) is 0. The average Bonchev–Trinajstić information content (AvgIpc) is 2.78. The van der Waals surface area contributed by atoms with Crippen molar-refractivity contribution in [2.24, 2.45) is 34.5 Å². The van der Waals surface area contributed by atoms with Crippen LogP contribution in [0.2, 0.25) is 0 Å². The number of rotatable bonds is 2. The molecule has 0 spiro atoms. The van der Waals surface area contributed by atoms with Gasteiger partial charge >= 0.3 is 0 Å². The highest BCUT2D eigenvalue weighted by Gasteiger charge is 2.55. The lowest BCUT2D eigenvalue weighted by Crippen LogP contribution is -2.50. The van der Waals surface area contributed by atoms with Gasteiger partial charge in [0.25, 0.3) is 0 Å². The Balaban J connectivity index is 1.85. The number of hydrogen-bond acceptors (Lipinski definition) is 2. The van der Waals surface area contributed by atoms with Crippen molar-refractivity contribution in [1.82, 2.24) is 0 Å². The van der Waals surface area contributed by atoms with Crippen molar-refractivity contribution in [3.8, 4) is 0 Å². The molecule has 7 atom stereocenters. The summed E-state index contributed by atoms with van der Waals surface area (Å²) >= 11 is 0. The maximum absolute atomic E-state index is 10.0. The Morgan fingerprint density at radius 1 is 1.14 bits per heavy atom. The van der Waals surface area contributed by atoms with Crippen molar-refractivity contribution >= 4 is 0 Å². The summed E-state index contributed by atoms with van der Waals surface area (Å²) in [5.74, 6) is 2.41. The minimum atomic E-state index is -0.208. The van der Waals surface area contributed by atoms with Gasteiger partial charge in [-0.15, -0.1) is 0 Å². The summed E-state index contributed by atoms with van der Waals surface area (Å²) in [6.07, 6.45) is 7.58. The Labute approximate surface area is 136 Å². The predicted molar refractivity (Wildman–Crippen MR) is 90.4 cm³/mol. The topological polar surface area (TPSA) is 40.5 Å². The first kappa shape index (κ1) is 16.5. The minimum Gasteiger partial charge on any atom is -0.396 e. The van der Waals surface area contributed by atoms with Gasteiger partial charge in [-0.3, -0.25) is 0 Å². The Hall–Kier alpha value is -0.340. The molecule has 2 heteroatoms. The van der Waals surface area contributed by atoms with Crippen LogP contribution in [0.15, 0.2) is 12.2 Å². The molecular weight excluding hydrogens is 272 g/mol. The van der Waals surface area contributed by atoms with Crippen molar-refractivity contribution in [3.63, 3.8) is 0 Å². The maximum Gasteiger partial charge on any atom is 0.0544 e. The molecular formula is C20H34O2. The lowest BCUT2D eigenvalue weighted by atomic mass is 9.50. The standard InChI is InChI=1S/C20H34O2/c1-13-5-6-17-14(2)18(8-10-19(13,17)3)20(4)9-7-16(22)11-15(20)12-21/h14-18,21-22H,1,5-12H2,2-4H3. The summed E-state index contributed by atoms with van der Waals surface area (Å²) in [6, 6.07) is 0. The molecule has 3 fully saturated rings. The van der Waals surface area contributed by atoms with Gasteiger partial charge in [-0.25, -0.2) is 0 Å². The summed E-state index contributed by atoms with van der Waals surface area (Å²) in [6.45, 7) is 11.9. The first-order valence-electron chi connectivity index (χ1n) is 9.30. The fourth-order valence-electron chi connectivity index (χ4n) is 6.50. The number of allylic oxidation sites excluding steroid dienone is 1. The SMILES string of the molecule is C=C1CCC2C(C)C(C3(C)CCC(O)CC3CO)CCC12C. The smallest absolute Gasteiger partial charge is 0.0544 e. The van der Waals surface area contributed by atoms with Crippen LogP contribution in [0.25, 0.3) is 0 Å². The molecule has 0 bridgehead atoms. The minimum absolute atomic E-state index is 0.193. The molecule has 0 aliphatic heterocycles. The zero-order valence-electron chi connectivity index (χ0n) is 14.6. The van der Waals surface area contributed by atoms with Crippen molar-refractivity contribution in [2.45, 2.75) is 71.8 Å². The van der Waals surface area contributed by atoms with Gasteiger partial charge in [0.1, 0.15) is 0 Å². The lowest BCUT2D eigenvalue weighted by molar-refractivity contribution is -0.0896. The van der Waals surface area contributed by atoms with E-state index in [4.69, 9.17) is 0 Å². The number of hydrogen-bond donors (Lipinski definition) is 2. The van der Waals surface area contributed by atoms with Crippen LogP contribution in [0.4, 0.5) is 0 Å². The van der Waals surface area contributed by atoms with Gasteiger partial charge in [0.15, 0.2) is 0 Å². The quantitative estimate of drug-likeness (QED) is 0.752. The second kappa shape index (κ2) is 5.63. The molecule has 0 aromatic heterocycles. The largest absolute Gasteiger partial charge is 0.396 e. The van der Waals surface area contributed by atoms with Crippen molar-refractivity contribution in [1.29, 1.82) is 0 Å². The Bertz CT molecular complexity index is 445.